The molecule has 0 saturated carbocycles. The average Bonchev–Trinajstić information content (AvgIpc) is 2.26. The normalized spacial score (nSPS) is 10.8. The number of benzene rings is 1. The Bertz CT molecular complexity index is 599. The predicted octanol–water partition coefficient (Wildman–Crippen LogP) is 3.60. The fourth-order valence-electron chi connectivity index (χ4n) is 1.78. The molecule has 0 radical (unpaired) electrons. The zero-order valence-corrected chi connectivity index (χ0v) is 12.2. The molecule has 100 valence electrons. The SMILES string of the molecule is Cc1ccc(-c2nc(Cl)nc(OC(C)C)n2)c(C)c1. The van der Waals surface area contributed by atoms with Gasteiger partial charge < -0.3 is 4.74 Å². The molecule has 4 nitrogen and oxygen atoms in total. The van der Waals surface area contributed by atoms with Gasteiger partial charge in [-0.25, -0.2) is 0 Å². The molecule has 0 spiro atoms. The Morgan fingerprint density at radius 3 is 2.47 bits per heavy atom. The first-order valence-corrected chi connectivity index (χ1v) is 6.49. The lowest BCUT2D eigenvalue weighted by molar-refractivity contribution is 0.222. The van der Waals surface area contributed by atoms with Crippen molar-refractivity contribution < 1.29 is 4.74 Å². The summed E-state index contributed by atoms with van der Waals surface area (Å²) in [5, 5.41) is 0.139. The van der Waals surface area contributed by atoms with Crippen molar-refractivity contribution in [3.05, 3.63) is 34.6 Å². The molecule has 1 aromatic carbocycles. The van der Waals surface area contributed by atoms with E-state index in [1.165, 1.54) is 5.56 Å². The predicted molar refractivity (Wildman–Crippen MR) is 75.5 cm³/mol. The van der Waals surface area contributed by atoms with Crippen LogP contribution in [0.2, 0.25) is 5.28 Å². The summed E-state index contributed by atoms with van der Waals surface area (Å²) in [6.45, 7) is 7.89. The largest absolute Gasteiger partial charge is 0.461 e. The molecule has 0 amide bonds. The monoisotopic (exact) mass is 277 g/mol. The van der Waals surface area contributed by atoms with Gasteiger partial charge in [0.25, 0.3) is 0 Å². The Morgan fingerprint density at radius 2 is 1.84 bits per heavy atom. The van der Waals surface area contributed by atoms with E-state index < -0.39 is 0 Å². The standard InChI is InChI=1S/C14H16ClN3O/c1-8(2)19-14-17-12(16-13(15)18-14)11-6-5-9(3)7-10(11)4/h5-8H,1-4H3. The van der Waals surface area contributed by atoms with E-state index in [9.17, 15) is 0 Å². The molecule has 1 heterocycles. The van der Waals surface area contributed by atoms with Crippen molar-refractivity contribution >= 4 is 11.6 Å². The maximum Gasteiger partial charge on any atom is 0.321 e. The molecule has 0 aliphatic heterocycles. The molecule has 19 heavy (non-hydrogen) atoms. The second kappa shape index (κ2) is 5.53. The van der Waals surface area contributed by atoms with Crippen LogP contribution in [0.25, 0.3) is 11.4 Å². The van der Waals surface area contributed by atoms with Crippen LogP contribution in [0.3, 0.4) is 0 Å². The second-order valence-corrected chi connectivity index (χ2v) is 5.03. The zero-order valence-electron chi connectivity index (χ0n) is 11.4. The van der Waals surface area contributed by atoms with Gasteiger partial charge in [-0.15, -0.1) is 0 Å². The molecule has 0 aliphatic rings. The van der Waals surface area contributed by atoms with Crippen molar-refractivity contribution in [3.8, 4) is 17.4 Å². The Kier molecular flexibility index (Phi) is 4.00. The van der Waals surface area contributed by atoms with E-state index in [0.29, 0.717) is 5.82 Å². The number of hydrogen-bond donors (Lipinski definition) is 0. The first-order chi connectivity index (χ1) is 8.95. The van der Waals surface area contributed by atoms with Gasteiger partial charge in [0.2, 0.25) is 5.28 Å². The van der Waals surface area contributed by atoms with Crippen molar-refractivity contribution in [1.29, 1.82) is 0 Å². The topological polar surface area (TPSA) is 47.9 Å². The Morgan fingerprint density at radius 1 is 1.11 bits per heavy atom. The highest BCUT2D eigenvalue weighted by molar-refractivity contribution is 6.28. The van der Waals surface area contributed by atoms with Crippen LogP contribution >= 0.6 is 11.6 Å². The van der Waals surface area contributed by atoms with E-state index in [4.69, 9.17) is 16.3 Å². The maximum absolute atomic E-state index is 5.92. The summed E-state index contributed by atoms with van der Waals surface area (Å²) in [4.78, 5) is 12.4. The third kappa shape index (κ3) is 3.41. The first kappa shape index (κ1) is 13.7. The molecule has 2 aromatic rings. The van der Waals surface area contributed by atoms with Gasteiger partial charge in [-0.3, -0.25) is 0 Å². The number of halogens is 1. The van der Waals surface area contributed by atoms with Crippen molar-refractivity contribution in [2.45, 2.75) is 33.8 Å². The minimum Gasteiger partial charge on any atom is -0.461 e. The van der Waals surface area contributed by atoms with Gasteiger partial charge in [0, 0.05) is 5.56 Å². The molecule has 0 fully saturated rings. The van der Waals surface area contributed by atoms with Crippen LogP contribution in [0.1, 0.15) is 25.0 Å². The lowest BCUT2D eigenvalue weighted by atomic mass is 10.1. The van der Waals surface area contributed by atoms with Crippen LogP contribution in [0.15, 0.2) is 18.2 Å². The van der Waals surface area contributed by atoms with Crippen LogP contribution < -0.4 is 4.74 Å². The molecule has 0 bridgehead atoms. The number of hydrogen-bond acceptors (Lipinski definition) is 4. The molecule has 5 heteroatoms. The maximum atomic E-state index is 5.92. The second-order valence-electron chi connectivity index (χ2n) is 4.70. The van der Waals surface area contributed by atoms with E-state index >= 15 is 0 Å². The molecular formula is C14H16ClN3O. The summed E-state index contributed by atoms with van der Waals surface area (Å²) < 4.78 is 5.47. The van der Waals surface area contributed by atoms with Gasteiger partial charge in [0.15, 0.2) is 5.82 Å². The van der Waals surface area contributed by atoms with E-state index in [-0.39, 0.29) is 17.4 Å². The van der Waals surface area contributed by atoms with E-state index in [2.05, 4.69) is 21.0 Å². The van der Waals surface area contributed by atoms with Gasteiger partial charge in [0.05, 0.1) is 6.10 Å². The highest BCUT2D eigenvalue weighted by Gasteiger charge is 2.11. The van der Waals surface area contributed by atoms with Gasteiger partial charge in [-0.05, 0) is 44.9 Å². The number of aryl methyl sites for hydroxylation is 2. The van der Waals surface area contributed by atoms with Crippen LogP contribution in [0.4, 0.5) is 0 Å². The van der Waals surface area contributed by atoms with Gasteiger partial charge in [0.1, 0.15) is 0 Å². The minimum atomic E-state index is -0.00886. The molecule has 0 saturated heterocycles. The molecule has 0 N–H and O–H groups in total. The molecule has 0 aliphatic carbocycles. The summed E-state index contributed by atoms with van der Waals surface area (Å²) >= 11 is 5.92. The van der Waals surface area contributed by atoms with Crippen molar-refractivity contribution in [3.63, 3.8) is 0 Å². The third-order valence-electron chi connectivity index (χ3n) is 2.55. The van der Waals surface area contributed by atoms with Crippen LogP contribution in [-0.4, -0.2) is 21.1 Å². The summed E-state index contributed by atoms with van der Waals surface area (Å²) in [5.41, 5.74) is 3.22. The summed E-state index contributed by atoms with van der Waals surface area (Å²) in [7, 11) is 0. The summed E-state index contributed by atoms with van der Waals surface area (Å²) in [5.74, 6) is 0.535. The van der Waals surface area contributed by atoms with Crippen LogP contribution in [0.5, 0.6) is 6.01 Å². The smallest absolute Gasteiger partial charge is 0.321 e. The van der Waals surface area contributed by atoms with E-state index in [1.54, 1.807) is 0 Å². The van der Waals surface area contributed by atoms with Crippen LogP contribution in [-0.2, 0) is 0 Å². The zero-order chi connectivity index (χ0) is 14.0. The average molecular weight is 278 g/mol. The van der Waals surface area contributed by atoms with Crippen molar-refractivity contribution in [2.75, 3.05) is 0 Å². The molecule has 0 atom stereocenters. The summed E-state index contributed by atoms with van der Waals surface area (Å²) in [6, 6.07) is 6.33. The van der Waals surface area contributed by atoms with Gasteiger partial charge >= 0.3 is 6.01 Å². The fraction of sp³-hybridized carbons (Fsp3) is 0.357. The number of ether oxygens (including phenoxy) is 1. The lowest BCUT2D eigenvalue weighted by Gasteiger charge is -2.10. The highest BCUT2D eigenvalue weighted by Crippen LogP contribution is 2.23. The Balaban J connectivity index is 2.46. The number of nitrogens with zero attached hydrogens (tertiary/aromatic N) is 3. The van der Waals surface area contributed by atoms with Crippen molar-refractivity contribution in [2.24, 2.45) is 0 Å². The minimum absolute atomic E-state index is 0.00886. The summed E-state index contributed by atoms with van der Waals surface area (Å²) in [6.07, 6.45) is -0.00886. The van der Waals surface area contributed by atoms with Gasteiger partial charge in [-0.1, -0.05) is 23.8 Å². The molecular weight excluding hydrogens is 262 g/mol. The van der Waals surface area contributed by atoms with E-state index in [0.717, 1.165) is 11.1 Å². The molecule has 1 aromatic heterocycles. The number of aromatic nitrogens is 3. The van der Waals surface area contributed by atoms with E-state index in [1.807, 2.05) is 39.8 Å². The quantitative estimate of drug-likeness (QED) is 0.860. The molecule has 0 unspecified atom stereocenters. The molecule has 2 rings (SSSR count). The fourth-order valence-corrected chi connectivity index (χ4v) is 1.93. The number of rotatable bonds is 3. The highest BCUT2D eigenvalue weighted by atomic mass is 35.5. The first-order valence-electron chi connectivity index (χ1n) is 6.11. The lowest BCUT2D eigenvalue weighted by Crippen LogP contribution is -2.09. The van der Waals surface area contributed by atoms with Gasteiger partial charge in [-0.2, -0.15) is 15.0 Å². The Hall–Kier alpha value is -1.68. The van der Waals surface area contributed by atoms with Crippen LogP contribution in [0, 0.1) is 13.8 Å². The third-order valence-corrected chi connectivity index (χ3v) is 2.72. The Labute approximate surface area is 117 Å². The van der Waals surface area contributed by atoms with Crippen molar-refractivity contribution in [1.82, 2.24) is 15.0 Å².